The molecule has 1 amide bonds. The molecule has 0 saturated carbocycles. The molecule has 1 aromatic heterocycles. The fourth-order valence-electron chi connectivity index (χ4n) is 2.82. The molecule has 0 atom stereocenters. The topological polar surface area (TPSA) is 63.2 Å². The lowest BCUT2D eigenvalue weighted by Crippen LogP contribution is -2.26. The predicted octanol–water partition coefficient (Wildman–Crippen LogP) is 3.18. The van der Waals surface area contributed by atoms with Crippen LogP contribution in [0.2, 0.25) is 0 Å². The summed E-state index contributed by atoms with van der Waals surface area (Å²) in [6.07, 6.45) is 4.16. The number of rotatable bonds is 4. The quantitative estimate of drug-likeness (QED) is 0.903. The zero-order valence-electron chi connectivity index (χ0n) is 13.4. The van der Waals surface area contributed by atoms with E-state index in [0.717, 1.165) is 37.2 Å². The van der Waals surface area contributed by atoms with Crippen molar-refractivity contribution in [3.63, 3.8) is 0 Å². The molecule has 3 rings (SSSR count). The van der Waals surface area contributed by atoms with E-state index >= 15 is 0 Å². The first-order chi connectivity index (χ1) is 11.2. The van der Waals surface area contributed by atoms with Gasteiger partial charge in [0, 0.05) is 16.6 Å². The summed E-state index contributed by atoms with van der Waals surface area (Å²) in [6, 6.07) is 5.44. The Hall–Kier alpha value is -1.92. The fourth-order valence-corrected chi connectivity index (χ4v) is 3.80. The van der Waals surface area contributed by atoms with Gasteiger partial charge < -0.3 is 10.1 Å². The predicted molar refractivity (Wildman–Crippen MR) is 92.6 cm³/mol. The molecule has 6 heteroatoms. The number of nitrogens with zero attached hydrogens (tertiary/aromatic N) is 1. The molecular weight excluding hydrogens is 310 g/mol. The van der Waals surface area contributed by atoms with Gasteiger partial charge in [0.05, 0.1) is 7.11 Å². The van der Waals surface area contributed by atoms with Crippen LogP contribution < -0.4 is 15.4 Å². The largest absolute Gasteiger partial charge is 0.497 e. The molecule has 1 aromatic carbocycles. The van der Waals surface area contributed by atoms with Gasteiger partial charge >= 0.3 is 0 Å². The highest BCUT2D eigenvalue weighted by atomic mass is 32.1. The molecule has 0 aliphatic carbocycles. The first-order valence-electron chi connectivity index (χ1n) is 7.80. The maximum Gasteiger partial charge on any atom is 0.257 e. The van der Waals surface area contributed by atoms with Crippen molar-refractivity contribution < 1.29 is 9.53 Å². The van der Waals surface area contributed by atoms with E-state index in [0.29, 0.717) is 16.6 Å². The standard InChI is InChI=1S/C17H21N3O2S/c1-11-9-13(22-2)3-4-14(11)16(21)20-17-19-10-15(23-17)12-5-7-18-8-6-12/h3-4,9-10,12,18H,5-8H2,1-2H3,(H,19,20,21). The Morgan fingerprint density at radius 2 is 2.17 bits per heavy atom. The number of piperidine rings is 1. The molecule has 5 nitrogen and oxygen atoms in total. The first-order valence-corrected chi connectivity index (χ1v) is 8.61. The average Bonchev–Trinajstić information content (AvgIpc) is 3.03. The lowest BCUT2D eigenvalue weighted by Gasteiger charge is -2.20. The van der Waals surface area contributed by atoms with E-state index in [-0.39, 0.29) is 5.91 Å². The van der Waals surface area contributed by atoms with Crippen LogP contribution in [-0.2, 0) is 0 Å². The Kier molecular flexibility index (Phi) is 4.93. The maximum absolute atomic E-state index is 12.4. The van der Waals surface area contributed by atoms with E-state index in [9.17, 15) is 4.79 Å². The highest BCUT2D eigenvalue weighted by Gasteiger charge is 2.19. The molecule has 0 bridgehead atoms. The van der Waals surface area contributed by atoms with Crippen molar-refractivity contribution in [1.82, 2.24) is 10.3 Å². The second kappa shape index (κ2) is 7.10. The molecule has 0 unspecified atom stereocenters. The van der Waals surface area contributed by atoms with Crippen molar-refractivity contribution in [2.24, 2.45) is 0 Å². The third-order valence-corrected chi connectivity index (χ3v) is 5.24. The third kappa shape index (κ3) is 3.71. The van der Waals surface area contributed by atoms with Gasteiger partial charge in [-0.25, -0.2) is 4.98 Å². The van der Waals surface area contributed by atoms with Crippen LogP contribution in [0.25, 0.3) is 0 Å². The van der Waals surface area contributed by atoms with Gasteiger partial charge in [-0.3, -0.25) is 10.1 Å². The second-order valence-electron chi connectivity index (χ2n) is 5.73. The van der Waals surface area contributed by atoms with E-state index in [4.69, 9.17) is 4.74 Å². The van der Waals surface area contributed by atoms with Crippen molar-refractivity contribution in [2.45, 2.75) is 25.7 Å². The lowest BCUT2D eigenvalue weighted by molar-refractivity contribution is 0.102. The summed E-state index contributed by atoms with van der Waals surface area (Å²) in [7, 11) is 1.62. The molecule has 0 radical (unpaired) electrons. The number of hydrogen-bond acceptors (Lipinski definition) is 5. The van der Waals surface area contributed by atoms with Crippen molar-refractivity contribution in [3.8, 4) is 5.75 Å². The van der Waals surface area contributed by atoms with Crippen LogP contribution in [0.4, 0.5) is 5.13 Å². The zero-order chi connectivity index (χ0) is 16.2. The monoisotopic (exact) mass is 331 g/mol. The number of methoxy groups -OCH3 is 1. The Labute approximate surface area is 140 Å². The number of aryl methyl sites for hydroxylation is 1. The van der Waals surface area contributed by atoms with E-state index in [1.807, 2.05) is 19.2 Å². The van der Waals surface area contributed by atoms with Gasteiger partial charge in [-0.05, 0) is 62.5 Å². The van der Waals surface area contributed by atoms with Gasteiger partial charge in [0.2, 0.25) is 0 Å². The normalized spacial score (nSPS) is 15.4. The molecule has 23 heavy (non-hydrogen) atoms. The maximum atomic E-state index is 12.4. The molecule has 1 aliphatic heterocycles. The molecule has 1 saturated heterocycles. The molecule has 2 heterocycles. The highest BCUT2D eigenvalue weighted by molar-refractivity contribution is 7.15. The number of hydrogen-bond donors (Lipinski definition) is 2. The van der Waals surface area contributed by atoms with Crippen molar-refractivity contribution >= 4 is 22.4 Å². The van der Waals surface area contributed by atoms with Crippen LogP contribution >= 0.6 is 11.3 Å². The SMILES string of the molecule is COc1ccc(C(=O)Nc2ncc(C3CCNCC3)s2)c(C)c1. The number of nitrogens with one attached hydrogen (secondary N) is 2. The summed E-state index contributed by atoms with van der Waals surface area (Å²) < 4.78 is 5.17. The first kappa shape index (κ1) is 16.0. The molecule has 2 N–H and O–H groups in total. The van der Waals surface area contributed by atoms with Crippen LogP contribution in [0, 0.1) is 6.92 Å². The highest BCUT2D eigenvalue weighted by Crippen LogP contribution is 2.32. The van der Waals surface area contributed by atoms with Gasteiger partial charge in [-0.15, -0.1) is 11.3 Å². The number of thiazole rings is 1. The summed E-state index contributed by atoms with van der Waals surface area (Å²) in [5, 5.41) is 6.94. The molecule has 1 aliphatic rings. The summed E-state index contributed by atoms with van der Waals surface area (Å²) in [5.74, 6) is 1.18. The zero-order valence-corrected chi connectivity index (χ0v) is 14.2. The Morgan fingerprint density at radius 3 is 2.87 bits per heavy atom. The third-order valence-electron chi connectivity index (χ3n) is 4.16. The van der Waals surface area contributed by atoms with E-state index in [2.05, 4.69) is 15.6 Å². The van der Waals surface area contributed by atoms with Gasteiger partial charge in [0.25, 0.3) is 5.91 Å². The summed E-state index contributed by atoms with van der Waals surface area (Å²) in [5.41, 5.74) is 1.53. The van der Waals surface area contributed by atoms with Crippen LogP contribution in [0.1, 0.15) is 39.6 Å². The number of amides is 1. The van der Waals surface area contributed by atoms with Crippen molar-refractivity contribution in [1.29, 1.82) is 0 Å². The molecule has 122 valence electrons. The number of anilines is 1. The van der Waals surface area contributed by atoms with Gasteiger partial charge in [-0.1, -0.05) is 0 Å². The minimum atomic E-state index is -0.128. The van der Waals surface area contributed by atoms with Crippen LogP contribution in [0.3, 0.4) is 0 Å². The lowest BCUT2D eigenvalue weighted by atomic mass is 9.97. The number of carbonyl (C=O) groups is 1. The molecule has 1 fully saturated rings. The summed E-state index contributed by atoms with van der Waals surface area (Å²) >= 11 is 1.58. The number of carbonyl (C=O) groups excluding carboxylic acids is 1. The Balaban J connectivity index is 1.69. The van der Waals surface area contributed by atoms with Gasteiger partial charge in [0.1, 0.15) is 5.75 Å². The van der Waals surface area contributed by atoms with Crippen LogP contribution in [0.15, 0.2) is 24.4 Å². The Morgan fingerprint density at radius 1 is 1.39 bits per heavy atom. The number of ether oxygens (including phenoxy) is 1. The van der Waals surface area contributed by atoms with Crippen molar-refractivity contribution in [2.75, 3.05) is 25.5 Å². The summed E-state index contributed by atoms with van der Waals surface area (Å²) in [6.45, 7) is 4.00. The average molecular weight is 331 g/mol. The Bertz CT molecular complexity index is 693. The van der Waals surface area contributed by atoms with Crippen molar-refractivity contribution in [3.05, 3.63) is 40.4 Å². The minimum Gasteiger partial charge on any atom is -0.497 e. The summed E-state index contributed by atoms with van der Waals surface area (Å²) in [4.78, 5) is 18.0. The number of aromatic nitrogens is 1. The van der Waals surface area contributed by atoms with Crippen LogP contribution in [-0.4, -0.2) is 31.1 Å². The molecular formula is C17H21N3O2S. The van der Waals surface area contributed by atoms with E-state index in [1.165, 1.54) is 4.88 Å². The van der Waals surface area contributed by atoms with Crippen LogP contribution in [0.5, 0.6) is 5.75 Å². The fraction of sp³-hybridized carbons (Fsp3) is 0.412. The smallest absolute Gasteiger partial charge is 0.257 e. The second-order valence-corrected chi connectivity index (χ2v) is 6.79. The van der Waals surface area contributed by atoms with E-state index in [1.54, 1.807) is 30.6 Å². The number of benzene rings is 1. The van der Waals surface area contributed by atoms with Gasteiger partial charge in [-0.2, -0.15) is 0 Å². The molecule has 0 spiro atoms. The van der Waals surface area contributed by atoms with E-state index < -0.39 is 0 Å². The van der Waals surface area contributed by atoms with Gasteiger partial charge in [0.15, 0.2) is 5.13 Å². The molecule has 2 aromatic rings. The minimum absolute atomic E-state index is 0.128.